The van der Waals surface area contributed by atoms with Gasteiger partial charge in [-0.25, -0.2) is 4.98 Å². The molecule has 196 valence electrons. The lowest BCUT2D eigenvalue weighted by Gasteiger charge is -2.38. The van der Waals surface area contributed by atoms with E-state index in [0.717, 1.165) is 29.0 Å². The molecule has 0 fully saturated rings. The van der Waals surface area contributed by atoms with Crippen LogP contribution in [-0.2, 0) is 25.8 Å². The summed E-state index contributed by atoms with van der Waals surface area (Å²) < 4.78 is 47.4. The summed E-state index contributed by atoms with van der Waals surface area (Å²) >= 11 is 0. The normalized spacial score (nSPS) is 13.9. The van der Waals surface area contributed by atoms with Crippen LogP contribution in [0.2, 0.25) is 0 Å². The fourth-order valence-corrected chi connectivity index (χ4v) is 4.67. The Morgan fingerprint density at radius 2 is 1.66 bits per heavy atom. The topological polar surface area (TPSA) is 50.6 Å². The number of fused-ring (bicyclic) bond motifs is 1. The molecule has 0 amide bonds. The minimum absolute atomic E-state index is 0.201. The van der Waals surface area contributed by atoms with E-state index in [0.29, 0.717) is 35.9 Å². The van der Waals surface area contributed by atoms with Crippen molar-refractivity contribution in [1.29, 1.82) is 0 Å². The minimum Gasteiger partial charge on any atom is -0.497 e. The lowest BCUT2D eigenvalue weighted by Crippen LogP contribution is -2.47. The zero-order chi connectivity index (χ0) is 26.9. The number of hydrogen-bond donors (Lipinski definition) is 0. The molecule has 2 heterocycles. The molecule has 0 aliphatic carbocycles. The van der Waals surface area contributed by atoms with Crippen molar-refractivity contribution in [1.82, 2.24) is 14.5 Å². The van der Waals surface area contributed by atoms with Crippen LogP contribution < -0.4 is 15.2 Å². The second-order valence-corrected chi connectivity index (χ2v) is 9.31. The summed E-state index contributed by atoms with van der Waals surface area (Å²) in [5, 5.41) is 0. The lowest BCUT2D eigenvalue weighted by molar-refractivity contribution is -0.137. The number of methoxy groups -OCH3 is 1. The van der Waals surface area contributed by atoms with Gasteiger partial charge in [0.05, 0.1) is 31.7 Å². The average molecular weight is 521 g/mol. The van der Waals surface area contributed by atoms with Crippen LogP contribution in [0.1, 0.15) is 27.9 Å². The minimum atomic E-state index is -4.49. The van der Waals surface area contributed by atoms with E-state index in [-0.39, 0.29) is 18.9 Å². The van der Waals surface area contributed by atoms with Gasteiger partial charge in [0.15, 0.2) is 0 Å². The molecular weight excluding hydrogens is 493 g/mol. The highest BCUT2D eigenvalue weighted by molar-refractivity contribution is 5.60. The van der Waals surface area contributed by atoms with Crippen molar-refractivity contribution in [3.63, 3.8) is 0 Å². The highest BCUT2D eigenvalue weighted by Gasteiger charge is 2.33. The van der Waals surface area contributed by atoms with Crippen LogP contribution in [0.5, 0.6) is 5.75 Å². The Hall–Kier alpha value is -4.11. The standard InChI is InChI=1S/C29H27F3N4O2/c1-20-26(15-21-7-4-3-5-8-21)27(37)36-19-34(17-22-11-13-25(38-2)14-12-22)18-35(28(36)33-20)24-10-6-9-23(16-24)29(30,31)32/h3-14,16H,15,17-19H2,1-2H3. The van der Waals surface area contributed by atoms with Crippen LogP contribution in [0, 0.1) is 6.92 Å². The van der Waals surface area contributed by atoms with Crippen molar-refractivity contribution in [3.05, 3.63) is 117 Å². The molecule has 0 unspecified atom stereocenters. The van der Waals surface area contributed by atoms with Gasteiger partial charge in [0.2, 0.25) is 5.95 Å². The zero-order valence-electron chi connectivity index (χ0n) is 21.1. The molecule has 6 nitrogen and oxygen atoms in total. The van der Waals surface area contributed by atoms with Gasteiger partial charge in [-0.1, -0.05) is 48.5 Å². The smallest absolute Gasteiger partial charge is 0.416 e. The van der Waals surface area contributed by atoms with E-state index in [1.54, 1.807) is 29.6 Å². The van der Waals surface area contributed by atoms with E-state index in [2.05, 4.69) is 0 Å². The van der Waals surface area contributed by atoms with Gasteiger partial charge >= 0.3 is 6.18 Å². The number of hydrogen-bond acceptors (Lipinski definition) is 5. The summed E-state index contributed by atoms with van der Waals surface area (Å²) in [6, 6.07) is 22.3. The number of nitrogens with zero attached hydrogens (tertiary/aromatic N) is 4. The van der Waals surface area contributed by atoms with Crippen molar-refractivity contribution in [2.24, 2.45) is 0 Å². The van der Waals surface area contributed by atoms with Gasteiger partial charge in [-0.3, -0.25) is 19.2 Å². The Bertz CT molecular complexity index is 1480. The van der Waals surface area contributed by atoms with Gasteiger partial charge < -0.3 is 4.74 Å². The molecule has 4 aromatic rings. The summed E-state index contributed by atoms with van der Waals surface area (Å²) in [5.41, 5.74) is 2.45. The first-order chi connectivity index (χ1) is 18.2. The maximum absolute atomic E-state index is 13.8. The van der Waals surface area contributed by atoms with Crippen molar-refractivity contribution < 1.29 is 17.9 Å². The zero-order valence-corrected chi connectivity index (χ0v) is 21.1. The van der Waals surface area contributed by atoms with Crippen LogP contribution >= 0.6 is 0 Å². The number of aromatic nitrogens is 2. The Morgan fingerprint density at radius 1 is 0.921 bits per heavy atom. The summed E-state index contributed by atoms with van der Waals surface area (Å²) in [6.07, 6.45) is -4.07. The predicted molar refractivity (Wildman–Crippen MR) is 139 cm³/mol. The molecule has 0 N–H and O–H groups in total. The highest BCUT2D eigenvalue weighted by atomic mass is 19.4. The molecule has 1 aliphatic heterocycles. The van der Waals surface area contributed by atoms with E-state index in [4.69, 9.17) is 9.72 Å². The van der Waals surface area contributed by atoms with E-state index in [1.165, 1.54) is 6.07 Å². The Morgan fingerprint density at radius 3 is 2.34 bits per heavy atom. The van der Waals surface area contributed by atoms with Crippen molar-refractivity contribution in [2.45, 2.75) is 32.7 Å². The fourth-order valence-electron chi connectivity index (χ4n) is 4.67. The number of anilines is 2. The van der Waals surface area contributed by atoms with Gasteiger partial charge in [0.25, 0.3) is 5.56 Å². The molecule has 0 atom stereocenters. The Balaban J connectivity index is 1.57. The van der Waals surface area contributed by atoms with Crippen LogP contribution in [0.3, 0.4) is 0 Å². The van der Waals surface area contributed by atoms with E-state index >= 15 is 0 Å². The van der Waals surface area contributed by atoms with E-state index in [1.807, 2.05) is 59.5 Å². The molecule has 0 bridgehead atoms. The Labute approximate surface area is 218 Å². The maximum Gasteiger partial charge on any atom is 0.416 e. The molecule has 0 saturated carbocycles. The maximum atomic E-state index is 13.8. The molecule has 38 heavy (non-hydrogen) atoms. The number of rotatable bonds is 6. The second-order valence-electron chi connectivity index (χ2n) is 9.31. The summed E-state index contributed by atoms with van der Waals surface area (Å²) in [6.45, 7) is 2.77. The number of halogens is 3. The second kappa shape index (κ2) is 10.3. The number of alkyl halides is 3. The SMILES string of the molecule is COc1ccc(CN2CN(c3cccc(C(F)(F)F)c3)c3nc(C)c(Cc4ccccc4)c(=O)n3C2)cc1. The summed E-state index contributed by atoms with van der Waals surface area (Å²) in [5.74, 6) is 1.05. The van der Waals surface area contributed by atoms with Crippen molar-refractivity contribution >= 4 is 11.6 Å². The van der Waals surface area contributed by atoms with Crippen molar-refractivity contribution in [2.75, 3.05) is 18.7 Å². The van der Waals surface area contributed by atoms with Gasteiger partial charge in [-0.2, -0.15) is 13.2 Å². The van der Waals surface area contributed by atoms with Crippen molar-refractivity contribution in [3.8, 4) is 5.75 Å². The third kappa shape index (κ3) is 5.28. The summed E-state index contributed by atoms with van der Waals surface area (Å²) in [7, 11) is 1.60. The predicted octanol–water partition coefficient (Wildman–Crippen LogP) is 5.74. The van der Waals surface area contributed by atoms with E-state index < -0.39 is 11.7 Å². The first kappa shape index (κ1) is 25.5. The number of ether oxygens (including phenoxy) is 1. The van der Waals surface area contributed by atoms with Crippen LogP contribution in [0.15, 0.2) is 83.7 Å². The molecular formula is C29H27F3N4O2. The third-order valence-electron chi connectivity index (χ3n) is 6.65. The first-order valence-corrected chi connectivity index (χ1v) is 12.2. The lowest BCUT2D eigenvalue weighted by atomic mass is 10.1. The molecule has 0 spiro atoms. The first-order valence-electron chi connectivity index (χ1n) is 12.2. The average Bonchev–Trinajstić information content (AvgIpc) is 2.92. The van der Waals surface area contributed by atoms with Gasteiger partial charge in [0, 0.05) is 24.2 Å². The monoisotopic (exact) mass is 520 g/mol. The molecule has 3 aromatic carbocycles. The molecule has 1 aliphatic rings. The fraction of sp³-hybridized carbons (Fsp3) is 0.241. The molecule has 5 rings (SSSR count). The van der Waals surface area contributed by atoms with Crippen LogP contribution in [0.25, 0.3) is 0 Å². The molecule has 0 saturated heterocycles. The largest absolute Gasteiger partial charge is 0.497 e. The molecule has 9 heteroatoms. The number of aryl methyl sites for hydroxylation is 1. The van der Waals surface area contributed by atoms with Gasteiger partial charge in [-0.05, 0) is 48.4 Å². The van der Waals surface area contributed by atoms with Crippen LogP contribution in [-0.4, -0.2) is 28.2 Å². The quantitative estimate of drug-likeness (QED) is 0.325. The highest BCUT2D eigenvalue weighted by Crippen LogP contribution is 2.35. The molecule has 1 aromatic heterocycles. The Kier molecular flexibility index (Phi) is 6.94. The summed E-state index contributed by atoms with van der Waals surface area (Å²) in [4.78, 5) is 22.2. The van der Waals surface area contributed by atoms with Crippen LogP contribution in [0.4, 0.5) is 24.8 Å². The van der Waals surface area contributed by atoms with E-state index in [9.17, 15) is 18.0 Å². The van der Waals surface area contributed by atoms with Gasteiger partial charge in [-0.15, -0.1) is 0 Å². The van der Waals surface area contributed by atoms with Gasteiger partial charge in [0.1, 0.15) is 5.75 Å². The number of benzene rings is 3. The third-order valence-corrected chi connectivity index (χ3v) is 6.65. The molecule has 0 radical (unpaired) electrons.